The number of halogens is 3. The third kappa shape index (κ3) is 4.80. The maximum absolute atomic E-state index is 13.1. The van der Waals surface area contributed by atoms with Gasteiger partial charge in [0, 0.05) is 36.8 Å². The molecule has 0 aliphatic carbocycles. The number of likely N-dealkylation sites (tertiary alicyclic amines) is 1. The number of carbonyl (C=O) groups excluding carboxylic acids is 1. The fourth-order valence-electron chi connectivity index (χ4n) is 4.22. The van der Waals surface area contributed by atoms with Crippen LogP contribution in [0.3, 0.4) is 0 Å². The van der Waals surface area contributed by atoms with Crippen molar-refractivity contribution in [1.29, 1.82) is 0 Å². The van der Waals surface area contributed by atoms with Gasteiger partial charge in [-0.25, -0.2) is 0 Å². The number of benzene rings is 1. The number of piperidine rings is 1. The molecule has 0 unspecified atom stereocenters. The van der Waals surface area contributed by atoms with Crippen LogP contribution in [0, 0.1) is 6.92 Å². The average Bonchev–Trinajstić information content (AvgIpc) is 2.83. The quantitative estimate of drug-likeness (QED) is 0.603. The first kappa shape index (κ1) is 23.5. The Bertz CT molecular complexity index is 1190. The summed E-state index contributed by atoms with van der Waals surface area (Å²) in [6.45, 7) is 3.03. The summed E-state index contributed by atoms with van der Waals surface area (Å²) >= 11 is 0. The van der Waals surface area contributed by atoms with Gasteiger partial charge in [-0.1, -0.05) is 12.1 Å². The molecule has 3 heterocycles. The topological polar surface area (TPSA) is 94.2 Å². The Labute approximate surface area is 194 Å². The summed E-state index contributed by atoms with van der Waals surface area (Å²) in [4.78, 5) is 19.1. The van der Waals surface area contributed by atoms with Gasteiger partial charge in [-0.3, -0.25) is 9.78 Å². The van der Waals surface area contributed by atoms with Crippen molar-refractivity contribution in [3.63, 3.8) is 0 Å². The first-order valence-corrected chi connectivity index (χ1v) is 10.8. The number of methoxy groups -OCH3 is 1. The molecule has 1 fully saturated rings. The molecule has 3 aromatic rings. The molecule has 0 atom stereocenters. The molecule has 1 aromatic carbocycles. The first-order valence-electron chi connectivity index (χ1n) is 10.8. The maximum atomic E-state index is 13.1. The van der Waals surface area contributed by atoms with Crippen molar-refractivity contribution < 1.29 is 22.7 Å². The normalized spacial score (nSPS) is 14.8. The number of rotatable bonds is 4. The number of amides is 1. The molecule has 1 aliphatic rings. The lowest BCUT2D eigenvalue weighted by Crippen LogP contribution is -2.38. The molecule has 1 aliphatic heterocycles. The lowest BCUT2D eigenvalue weighted by molar-refractivity contribution is -0.137. The van der Waals surface area contributed by atoms with Gasteiger partial charge in [-0.15, -0.1) is 5.10 Å². The summed E-state index contributed by atoms with van der Waals surface area (Å²) in [5.74, 6) is 0.715. The summed E-state index contributed by atoms with van der Waals surface area (Å²) in [5, 5.41) is 8.19. The Morgan fingerprint density at radius 3 is 2.38 bits per heavy atom. The third-order valence-corrected chi connectivity index (χ3v) is 6.04. The number of ether oxygens (including phenoxy) is 1. The second-order valence-corrected chi connectivity index (χ2v) is 8.25. The molecule has 34 heavy (non-hydrogen) atoms. The zero-order valence-electron chi connectivity index (χ0n) is 18.8. The average molecular weight is 471 g/mol. The molecular weight excluding hydrogens is 447 g/mol. The van der Waals surface area contributed by atoms with Crippen LogP contribution >= 0.6 is 0 Å². The minimum atomic E-state index is -4.41. The van der Waals surface area contributed by atoms with E-state index in [1.54, 1.807) is 11.0 Å². The van der Waals surface area contributed by atoms with E-state index in [9.17, 15) is 18.0 Å². The molecule has 1 saturated heterocycles. The zero-order valence-corrected chi connectivity index (χ0v) is 18.8. The van der Waals surface area contributed by atoms with Gasteiger partial charge in [-0.2, -0.15) is 18.3 Å². The van der Waals surface area contributed by atoms with E-state index < -0.39 is 11.7 Å². The van der Waals surface area contributed by atoms with Crippen LogP contribution in [0.4, 0.5) is 19.0 Å². The van der Waals surface area contributed by atoms with Crippen LogP contribution in [0.2, 0.25) is 0 Å². The van der Waals surface area contributed by atoms with Gasteiger partial charge >= 0.3 is 6.18 Å². The van der Waals surface area contributed by atoms with Gasteiger partial charge in [0.2, 0.25) is 0 Å². The summed E-state index contributed by atoms with van der Waals surface area (Å²) in [7, 11) is 1.44. The molecule has 0 bridgehead atoms. The molecular formula is C24H24F3N5O2. The molecule has 7 nitrogen and oxygen atoms in total. The Morgan fingerprint density at radius 2 is 1.79 bits per heavy atom. The van der Waals surface area contributed by atoms with Crippen molar-refractivity contribution in [2.45, 2.75) is 31.9 Å². The molecule has 0 saturated carbocycles. The van der Waals surface area contributed by atoms with Crippen LogP contribution < -0.4 is 10.5 Å². The van der Waals surface area contributed by atoms with Gasteiger partial charge in [0.25, 0.3) is 5.91 Å². The van der Waals surface area contributed by atoms with Crippen molar-refractivity contribution in [1.82, 2.24) is 20.1 Å². The number of nitrogen functional groups attached to an aromatic ring is 1. The zero-order chi connectivity index (χ0) is 24.5. The predicted octanol–water partition coefficient (Wildman–Crippen LogP) is 4.48. The van der Waals surface area contributed by atoms with Crippen molar-refractivity contribution in [2.75, 3.05) is 25.9 Å². The number of nitrogens with zero attached hydrogens (tertiary/aromatic N) is 4. The first-order chi connectivity index (χ1) is 16.2. The highest BCUT2D eigenvalue weighted by atomic mass is 19.4. The Balaban J connectivity index is 1.48. The number of pyridine rings is 1. The summed E-state index contributed by atoms with van der Waals surface area (Å²) in [6, 6.07) is 8.05. The van der Waals surface area contributed by atoms with E-state index in [4.69, 9.17) is 10.5 Å². The molecule has 4 rings (SSSR count). The predicted molar refractivity (Wildman–Crippen MR) is 120 cm³/mol. The third-order valence-electron chi connectivity index (χ3n) is 6.04. The lowest BCUT2D eigenvalue weighted by atomic mass is 9.91. The highest BCUT2D eigenvalue weighted by Crippen LogP contribution is 2.35. The Kier molecular flexibility index (Phi) is 6.41. The van der Waals surface area contributed by atoms with Gasteiger partial charge in [0.05, 0.1) is 18.4 Å². The van der Waals surface area contributed by atoms with Crippen molar-refractivity contribution in [3.8, 4) is 16.9 Å². The minimum Gasteiger partial charge on any atom is -0.496 e. The van der Waals surface area contributed by atoms with E-state index in [-0.39, 0.29) is 17.5 Å². The highest BCUT2D eigenvalue weighted by Gasteiger charge is 2.30. The fourth-order valence-corrected chi connectivity index (χ4v) is 4.22. The fraction of sp³-hybridized carbons (Fsp3) is 0.333. The monoisotopic (exact) mass is 471 g/mol. The lowest BCUT2D eigenvalue weighted by Gasteiger charge is -2.32. The smallest absolute Gasteiger partial charge is 0.416 e. The number of anilines is 1. The number of alkyl halides is 3. The van der Waals surface area contributed by atoms with Gasteiger partial charge in [-0.05, 0) is 49.1 Å². The number of aromatic nitrogens is 3. The van der Waals surface area contributed by atoms with Crippen LogP contribution in [-0.2, 0) is 6.18 Å². The molecule has 2 aromatic heterocycles. The van der Waals surface area contributed by atoms with Gasteiger partial charge in [0.15, 0.2) is 0 Å². The maximum Gasteiger partial charge on any atom is 0.416 e. The summed E-state index contributed by atoms with van der Waals surface area (Å²) < 4.78 is 44.0. The number of hydrogen-bond donors (Lipinski definition) is 1. The van der Waals surface area contributed by atoms with E-state index in [2.05, 4.69) is 15.2 Å². The largest absolute Gasteiger partial charge is 0.496 e. The van der Waals surface area contributed by atoms with Gasteiger partial charge < -0.3 is 15.4 Å². The van der Waals surface area contributed by atoms with Crippen LogP contribution in [0.1, 0.15) is 46.1 Å². The Hall–Kier alpha value is -3.69. The van der Waals surface area contributed by atoms with E-state index in [0.29, 0.717) is 35.8 Å². The second kappa shape index (κ2) is 9.28. The molecule has 0 radical (unpaired) electrons. The number of hydrogen-bond acceptors (Lipinski definition) is 6. The number of carbonyl (C=O) groups is 1. The van der Waals surface area contributed by atoms with Crippen molar-refractivity contribution >= 4 is 11.7 Å². The van der Waals surface area contributed by atoms with Crippen LogP contribution in [0.25, 0.3) is 11.1 Å². The standard InChI is InChI=1S/C24H24F3N5O2/c1-14-11-21(28)30-31-22(14)16-7-9-32(10-8-16)23(33)19-12-20(34-2)18(13-29-19)15-3-5-17(6-4-15)24(25,26)27/h3-6,11-13,16H,7-10H2,1-2H3,(H2,28,30). The second-order valence-electron chi connectivity index (χ2n) is 8.25. The van der Waals surface area contributed by atoms with Crippen LogP contribution in [-0.4, -0.2) is 46.2 Å². The summed E-state index contributed by atoms with van der Waals surface area (Å²) in [6.07, 6.45) is -1.48. The van der Waals surface area contributed by atoms with E-state index in [0.717, 1.165) is 36.2 Å². The molecule has 1 amide bonds. The molecule has 2 N–H and O–H groups in total. The van der Waals surface area contributed by atoms with E-state index >= 15 is 0 Å². The number of aryl methyl sites for hydroxylation is 1. The molecule has 10 heteroatoms. The SMILES string of the molecule is COc1cc(C(=O)N2CCC(c3nnc(N)cc3C)CC2)ncc1-c1ccc(C(F)(F)F)cc1. The highest BCUT2D eigenvalue weighted by molar-refractivity contribution is 5.93. The number of nitrogens with two attached hydrogens (primary N) is 1. The van der Waals surface area contributed by atoms with E-state index in [1.165, 1.54) is 31.5 Å². The van der Waals surface area contributed by atoms with E-state index in [1.807, 2.05) is 6.92 Å². The molecule has 178 valence electrons. The van der Waals surface area contributed by atoms with Crippen LogP contribution in [0.15, 0.2) is 42.6 Å². The summed E-state index contributed by atoms with van der Waals surface area (Å²) in [5.41, 5.74) is 8.08. The van der Waals surface area contributed by atoms with Crippen molar-refractivity contribution in [3.05, 3.63) is 65.1 Å². The van der Waals surface area contributed by atoms with Crippen LogP contribution in [0.5, 0.6) is 5.75 Å². The minimum absolute atomic E-state index is 0.196. The van der Waals surface area contributed by atoms with Crippen molar-refractivity contribution in [2.24, 2.45) is 0 Å². The molecule has 0 spiro atoms. The van der Waals surface area contributed by atoms with Gasteiger partial charge in [0.1, 0.15) is 17.3 Å². The Morgan fingerprint density at radius 1 is 1.12 bits per heavy atom.